The molecule has 1 saturated heterocycles. The van der Waals surface area contributed by atoms with Gasteiger partial charge in [-0.05, 0) is 22.4 Å². The zero-order valence-corrected chi connectivity index (χ0v) is 11.2. The fourth-order valence-electron chi connectivity index (χ4n) is 2.30. The maximum absolute atomic E-state index is 10.1. The maximum Gasteiger partial charge on any atom is 0.108 e. The summed E-state index contributed by atoms with van der Waals surface area (Å²) in [6, 6.07) is 8.05. The zero-order valence-electron chi connectivity index (χ0n) is 9.56. The van der Waals surface area contributed by atoms with E-state index in [4.69, 9.17) is 0 Å². The second-order valence-corrected chi connectivity index (χ2v) is 6.58. The summed E-state index contributed by atoms with van der Waals surface area (Å²) in [7, 11) is 0. The van der Waals surface area contributed by atoms with Crippen molar-refractivity contribution in [3.63, 3.8) is 0 Å². The van der Waals surface area contributed by atoms with Crippen LogP contribution in [0.25, 0.3) is 10.1 Å². The molecule has 2 heterocycles. The fraction of sp³-hybridized carbons (Fsp3) is 0.385. The number of hydrogen-bond donors (Lipinski definition) is 3. The predicted molar refractivity (Wildman–Crippen MR) is 75.0 cm³/mol. The molecule has 0 unspecified atom stereocenters. The normalized spacial score (nSPS) is 32.8. The summed E-state index contributed by atoms with van der Waals surface area (Å²) < 4.78 is 1.18. The lowest BCUT2D eigenvalue weighted by Gasteiger charge is -2.34. The molecule has 1 aliphatic heterocycles. The molecule has 0 bridgehead atoms. The molecule has 0 saturated carbocycles. The Morgan fingerprint density at radius 3 is 2.67 bits per heavy atom. The van der Waals surface area contributed by atoms with E-state index in [1.165, 1.54) is 16.5 Å². The lowest BCUT2D eigenvalue weighted by molar-refractivity contribution is -0.0554. The van der Waals surface area contributed by atoms with Crippen LogP contribution in [0.2, 0.25) is 0 Å². The summed E-state index contributed by atoms with van der Waals surface area (Å²) in [5, 5.41) is 32.4. The van der Waals surface area contributed by atoms with Gasteiger partial charge in [-0.15, -0.1) is 23.1 Å². The zero-order chi connectivity index (χ0) is 12.7. The molecule has 0 spiro atoms. The Bertz CT molecular complexity index is 554. The van der Waals surface area contributed by atoms with Gasteiger partial charge in [0.25, 0.3) is 0 Å². The second kappa shape index (κ2) is 4.83. The third-order valence-corrected chi connectivity index (χ3v) is 5.73. The van der Waals surface area contributed by atoms with Crippen LogP contribution in [0.1, 0.15) is 10.8 Å². The number of aliphatic hydroxyl groups is 3. The van der Waals surface area contributed by atoms with Gasteiger partial charge in [0, 0.05) is 10.5 Å². The minimum atomic E-state index is -1.06. The van der Waals surface area contributed by atoms with Gasteiger partial charge in [-0.3, -0.25) is 0 Å². The van der Waals surface area contributed by atoms with Crippen molar-refractivity contribution in [3.8, 4) is 0 Å². The smallest absolute Gasteiger partial charge is 0.108 e. The summed E-state index contributed by atoms with van der Waals surface area (Å²) in [6.07, 6.45) is -2.82. The van der Waals surface area contributed by atoms with E-state index in [0.29, 0.717) is 5.75 Å². The highest BCUT2D eigenvalue weighted by molar-refractivity contribution is 7.99. The molecule has 0 aliphatic carbocycles. The quantitative estimate of drug-likeness (QED) is 0.746. The summed E-state index contributed by atoms with van der Waals surface area (Å²) in [5.41, 5.74) is 1.05. The minimum absolute atomic E-state index is 0.167. The van der Waals surface area contributed by atoms with Crippen molar-refractivity contribution in [3.05, 3.63) is 35.2 Å². The van der Waals surface area contributed by atoms with Crippen molar-refractivity contribution < 1.29 is 15.3 Å². The van der Waals surface area contributed by atoms with Gasteiger partial charge in [-0.1, -0.05) is 18.2 Å². The third kappa shape index (κ3) is 1.96. The van der Waals surface area contributed by atoms with E-state index in [0.717, 1.165) is 10.9 Å². The lowest BCUT2D eigenvalue weighted by atomic mass is 9.99. The first-order valence-electron chi connectivity index (χ1n) is 5.80. The Hall–Kier alpha value is -0.590. The van der Waals surface area contributed by atoms with Gasteiger partial charge in [0.2, 0.25) is 0 Å². The highest BCUT2D eigenvalue weighted by atomic mass is 32.2. The number of benzene rings is 1. The molecule has 4 atom stereocenters. The molecule has 1 aromatic heterocycles. The standard InChI is InChI=1S/C13H14O3S2/c14-9-6-18-13(12(16)11(9)15)8-5-17-10-4-2-1-3-7(8)10/h1-5,9,11-16H,6H2/t9-,11+,12-,13+/m1/s1. The summed E-state index contributed by atoms with van der Waals surface area (Å²) in [5.74, 6) is 0.451. The van der Waals surface area contributed by atoms with Crippen LogP contribution in [0.5, 0.6) is 0 Å². The number of thioether (sulfide) groups is 1. The van der Waals surface area contributed by atoms with Crippen molar-refractivity contribution in [1.29, 1.82) is 0 Å². The first-order valence-corrected chi connectivity index (χ1v) is 7.73. The highest BCUT2D eigenvalue weighted by Crippen LogP contribution is 2.43. The van der Waals surface area contributed by atoms with E-state index < -0.39 is 18.3 Å². The second-order valence-electron chi connectivity index (χ2n) is 4.49. The average molecular weight is 282 g/mol. The predicted octanol–water partition coefficient (Wildman–Crippen LogP) is 1.77. The number of aliphatic hydroxyl groups excluding tert-OH is 3. The molecular formula is C13H14O3S2. The SMILES string of the molecule is O[C@@H]1[C@@H](O)[C@H](c2csc3ccccc23)SC[C@H]1O. The van der Waals surface area contributed by atoms with Crippen LogP contribution in [0.15, 0.2) is 29.6 Å². The lowest BCUT2D eigenvalue weighted by Crippen LogP contribution is -2.45. The monoisotopic (exact) mass is 282 g/mol. The van der Waals surface area contributed by atoms with Crippen LogP contribution >= 0.6 is 23.1 Å². The van der Waals surface area contributed by atoms with Gasteiger partial charge in [0.1, 0.15) is 6.10 Å². The topological polar surface area (TPSA) is 60.7 Å². The van der Waals surface area contributed by atoms with E-state index in [2.05, 4.69) is 6.07 Å². The molecule has 1 aromatic carbocycles. The van der Waals surface area contributed by atoms with Gasteiger partial charge in [0.15, 0.2) is 0 Å². The van der Waals surface area contributed by atoms with Gasteiger partial charge in [0.05, 0.1) is 17.5 Å². The molecule has 2 aromatic rings. The highest BCUT2D eigenvalue weighted by Gasteiger charge is 2.38. The van der Waals surface area contributed by atoms with E-state index >= 15 is 0 Å². The van der Waals surface area contributed by atoms with E-state index in [9.17, 15) is 15.3 Å². The van der Waals surface area contributed by atoms with E-state index in [-0.39, 0.29) is 5.25 Å². The largest absolute Gasteiger partial charge is 0.389 e. The van der Waals surface area contributed by atoms with Gasteiger partial charge in [-0.2, -0.15) is 0 Å². The maximum atomic E-state index is 10.1. The minimum Gasteiger partial charge on any atom is -0.389 e. The molecule has 18 heavy (non-hydrogen) atoms. The van der Waals surface area contributed by atoms with Crippen molar-refractivity contribution in [2.45, 2.75) is 23.6 Å². The molecule has 0 radical (unpaired) electrons. The molecule has 0 amide bonds. The summed E-state index contributed by atoms with van der Waals surface area (Å²) in [6.45, 7) is 0. The van der Waals surface area contributed by atoms with Gasteiger partial charge < -0.3 is 15.3 Å². The van der Waals surface area contributed by atoms with Crippen molar-refractivity contribution in [2.75, 3.05) is 5.75 Å². The van der Waals surface area contributed by atoms with Crippen LogP contribution in [-0.2, 0) is 0 Å². The summed E-state index contributed by atoms with van der Waals surface area (Å²) in [4.78, 5) is 0. The molecule has 3 N–H and O–H groups in total. The van der Waals surface area contributed by atoms with Gasteiger partial charge in [-0.25, -0.2) is 0 Å². The molecule has 96 valence electrons. The van der Waals surface area contributed by atoms with Crippen LogP contribution in [0.4, 0.5) is 0 Å². The molecular weight excluding hydrogens is 268 g/mol. The fourth-order valence-corrected chi connectivity index (χ4v) is 4.72. The molecule has 1 aliphatic rings. The molecule has 5 heteroatoms. The van der Waals surface area contributed by atoms with Crippen molar-refractivity contribution in [2.24, 2.45) is 0 Å². The number of rotatable bonds is 1. The van der Waals surface area contributed by atoms with Crippen LogP contribution in [0.3, 0.4) is 0 Å². The van der Waals surface area contributed by atoms with E-state index in [1.807, 2.05) is 23.6 Å². The average Bonchev–Trinajstić information content (AvgIpc) is 2.80. The van der Waals surface area contributed by atoms with Crippen LogP contribution in [-0.4, -0.2) is 39.4 Å². The third-order valence-electron chi connectivity index (χ3n) is 3.32. The first-order chi connectivity index (χ1) is 8.68. The van der Waals surface area contributed by atoms with Gasteiger partial charge >= 0.3 is 0 Å². The Morgan fingerprint density at radius 1 is 1.06 bits per heavy atom. The van der Waals surface area contributed by atoms with Crippen molar-refractivity contribution >= 4 is 33.2 Å². The number of hydrogen-bond acceptors (Lipinski definition) is 5. The van der Waals surface area contributed by atoms with E-state index in [1.54, 1.807) is 11.3 Å². The summed E-state index contributed by atoms with van der Waals surface area (Å²) >= 11 is 3.15. The molecule has 1 fully saturated rings. The Balaban J connectivity index is 1.99. The Labute approximate surface area is 113 Å². The Morgan fingerprint density at radius 2 is 1.83 bits per heavy atom. The van der Waals surface area contributed by atoms with Crippen LogP contribution in [0, 0.1) is 0 Å². The van der Waals surface area contributed by atoms with Crippen molar-refractivity contribution in [1.82, 2.24) is 0 Å². The number of thiophene rings is 1. The van der Waals surface area contributed by atoms with Crippen LogP contribution < -0.4 is 0 Å². The first kappa shape index (κ1) is 12.4. The number of fused-ring (bicyclic) bond motifs is 1. The molecule has 3 rings (SSSR count). The Kier molecular flexibility index (Phi) is 3.34. The molecule has 3 nitrogen and oxygen atoms in total.